The van der Waals surface area contributed by atoms with E-state index in [2.05, 4.69) is 9.50 Å². The highest BCUT2D eigenvalue weighted by Crippen LogP contribution is 2.16. The molecule has 0 fully saturated rings. The number of hydrogen-bond acceptors (Lipinski definition) is 4. The molecule has 0 saturated carbocycles. The minimum atomic E-state index is -4.97. The van der Waals surface area contributed by atoms with Gasteiger partial charge in [0.1, 0.15) is 5.75 Å². The number of anilines is 1. The van der Waals surface area contributed by atoms with Gasteiger partial charge >= 0.3 is 10.5 Å². The highest BCUT2D eigenvalue weighted by Gasteiger charge is 2.08. The van der Waals surface area contributed by atoms with E-state index in [1.54, 1.807) is 12.1 Å². The van der Waals surface area contributed by atoms with E-state index in [1.807, 2.05) is 31.2 Å². The fraction of sp³-hybridized carbons (Fsp3) is 0.143. The Hall–Kier alpha value is -2.08. The molecule has 2 rings (SSSR count). The fourth-order valence-corrected chi connectivity index (χ4v) is 1.99. The van der Waals surface area contributed by atoms with E-state index in [1.165, 1.54) is 17.7 Å². The first kappa shape index (κ1) is 14.3. The summed E-state index contributed by atoms with van der Waals surface area (Å²) in [5.41, 5.74) is 3.10. The van der Waals surface area contributed by atoms with Crippen molar-refractivity contribution in [2.75, 3.05) is 5.32 Å². The first-order chi connectivity index (χ1) is 9.42. The summed E-state index contributed by atoms with van der Waals surface area (Å²) in [4.78, 5) is 0. The van der Waals surface area contributed by atoms with Gasteiger partial charge in [-0.2, -0.15) is 8.42 Å². The molecule has 0 bridgehead atoms. The fourth-order valence-electron chi connectivity index (χ4n) is 1.65. The lowest BCUT2D eigenvalue weighted by molar-refractivity contribution is 0.440. The third-order valence-corrected chi connectivity index (χ3v) is 3.06. The van der Waals surface area contributed by atoms with E-state index < -0.39 is 10.5 Å². The Kier molecular flexibility index (Phi) is 4.24. The predicted octanol–water partition coefficient (Wildman–Crippen LogP) is 3.20. The monoisotopic (exact) mass is 295 g/mol. The van der Waals surface area contributed by atoms with Gasteiger partial charge < -0.3 is 9.50 Å². The molecule has 0 radical (unpaired) electrons. The molecule has 0 spiro atoms. The van der Waals surface area contributed by atoms with Gasteiger partial charge in [-0.1, -0.05) is 33.7 Å². The van der Waals surface area contributed by atoms with Gasteiger partial charge in [0.05, 0.1) is 0 Å². The van der Waals surface area contributed by atoms with Crippen LogP contribution in [0.25, 0.3) is 0 Å². The lowest BCUT2D eigenvalue weighted by Gasteiger charge is -2.07. The van der Waals surface area contributed by atoms with Gasteiger partial charge in [0.15, 0.2) is 0 Å². The van der Waals surface area contributed by atoms with E-state index in [-0.39, 0.29) is 5.75 Å². The maximum absolute atomic E-state index is 12.3. The number of nitrogens with one attached hydrogen (secondary N) is 1. The van der Waals surface area contributed by atoms with Crippen molar-refractivity contribution < 1.29 is 16.5 Å². The van der Waals surface area contributed by atoms with Gasteiger partial charge in [-0.05, 0) is 36.8 Å². The molecule has 106 valence electrons. The van der Waals surface area contributed by atoms with Crippen molar-refractivity contribution in [3.8, 4) is 5.75 Å². The van der Waals surface area contributed by atoms with Crippen molar-refractivity contribution in [1.82, 2.24) is 0 Å². The zero-order valence-corrected chi connectivity index (χ0v) is 11.7. The predicted molar refractivity (Wildman–Crippen MR) is 75.6 cm³/mol. The Morgan fingerprint density at radius 2 is 1.65 bits per heavy atom. The van der Waals surface area contributed by atoms with Crippen LogP contribution < -0.4 is 9.50 Å². The summed E-state index contributed by atoms with van der Waals surface area (Å²) >= 11 is 0. The normalized spacial score (nSPS) is 11.1. The summed E-state index contributed by atoms with van der Waals surface area (Å²) in [6.45, 7) is 2.59. The van der Waals surface area contributed by atoms with Gasteiger partial charge in [0, 0.05) is 12.2 Å². The van der Waals surface area contributed by atoms with Crippen LogP contribution in [0.4, 0.5) is 9.57 Å². The SMILES string of the molecule is Cc1ccc(NCc2ccc(OS(=O)(=O)F)cc2)cc1. The molecule has 0 saturated heterocycles. The van der Waals surface area contributed by atoms with Crippen molar-refractivity contribution in [1.29, 1.82) is 0 Å². The molecular weight excluding hydrogens is 281 g/mol. The number of aryl methyl sites for hydroxylation is 1. The molecule has 0 aliphatic heterocycles. The molecule has 0 atom stereocenters. The van der Waals surface area contributed by atoms with Crippen LogP contribution in [0, 0.1) is 6.92 Å². The maximum atomic E-state index is 12.3. The summed E-state index contributed by atoms with van der Waals surface area (Å²) in [7, 11) is -4.97. The van der Waals surface area contributed by atoms with Crippen LogP contribution in [0.1, 0.15) is 11.1 Å². The Labute approximate surface area is 117 Å². The molecule has 2 aromatic rings. The average molecular weight is 295 g/mol. The molecule has 0 unspecified atom stereocenters. The second-order valence-electron chi connectivity index (χ2n) is 4.34. The van der Waals surface area contributed by atoms with Crippen molar-refractivity contribution in [2.24, 2.45) is 0 Å². The van der Waals surface area contributed by atoms with Gasteiger partial charge in [-0.15, -0.1) is 0 Å². The molecule has 4 nitrogen and oxygen atoms in total. The molecule has 0 amide bonds. The van der Waals surface area contributed by atoms with E-state index in [4.69, 9.17) is 0 Å². The molecule has 0 aliphatic carbocycles. The standard InChI is InChI=1S/C14H14FNO3S/c1-11-2-6-13(7-3-11)16-10-12-4-8-14(9-5-12)19-20(15,17)18/h2-9,16H,10H2,1H3. The Morgan fingerprint density at radius 1 is 1.05 bits per heavy atom. The molecule has 20 heavy (non-hydrogen) atoms. The molecule has 0 aromatic heterocycles. The lowest BCUT2D eigenvalue weighted by Crippen LogP contribution is -2.02. The minimum Gasteiger partial charge on any atom is -0.381 e. The van der Waals surface area contributed by atoms with Gasteiger partial charge in [0.2, 0.25) is 0 Å². The lowest BCUT2D eigenvalue weighted by atomic mass is 10.2. The van der Waals surface area contributed by atoms with Crippen molar-refractivity contribution in [2.45, 2.75) is 13.5 Å². The Morgan fingerprint density at radius 3 is 2.20 bits per heavy atom. The second-order valence-corrected chi connectivity index (χ2v) is 5.29. The van der Waals surface area contributed by atoms with E-state index >= 15 is 0 Å². The smallest absolute Gasteiger partial charge is 0.381 e. The van der Waals surface area contributed by atoms with Crippen molar-refractivity contribution in [3.63, 3.8) is 0 Å². The van der Waals surface area contributed by atoms with Crippen molar-refractivity contribution >= 4 is 16.2 Å². The number of halogens is 1. The maximum Gasteiger partial charge on any atom is 0.488 e. The average Bonchev–Trinajstić information content (AvgIpc) is 2.38. The van der Waals surface area contributed by atoms with E-state index in [9.17, 15) is 12.3 Å². The summed E-state index contributed by atoms with van der Waals surface area (Å²) in [5.74, 6) is -0.0495. The second kappa shape index (κ2) is 5.92. The molecule has 2 aromatic carbocycles. The minimum absolute atomic E-state index is 0.0495. The molecular formula is C14H14FNO3S. The zero-order chi connectivity index (χ0) is 14.6. The number of rotatable bonds is 5. The largest absolute Gasteiger partial charge is 0.488 e. The third-order valence-electron chi connectivity index (χ3n) is 2.67. The van der Waals surface area contributed by atoms with Crippen molar-refractivity contribution in [3.05, 3.63) is 59.7 Å². The Bertz CT molecular complexity index is 667. The van der Waals surface area contributed by atoms with E-state index in [0.717, 1.165) is 11.3 Å². The van der Waals surface area contributed by atoms with Crippen LogP contribution in [0.2, 0.25) is 0 Å². The first-order valence-corrected chi connectivity index (χ1v) is 7.27. The van der Waals surface area contributed by atoms with E-state index in [0.29, 0.717) is 6.54 Å². The summed E-state index contributed by atoms with van der Waals surface area (Å²) in [6.07, 6.45) is 0. The summed E-state index contributed by atoms with van der Waals surface area (Å²) in [5, 5.41) is 3.22. The van der Waals surface area contributed by atoms with Gasteiger partial charge in [-0.25, -0.2) is 0 Å². The topological polar surface area (TPSA) is 55.4 Å². The molecule has 6 heteroatoms. The number of benzene rings is 2. The summed E-state index contributed by atoms with van der Waals surface area (Å²) < 4.78 is 37.1. The number of hydrogen-bond donors (Lipinski definition) is 1. The molecule has 0 aliphatic rings. The Balaban J connectivity index is 1.95. The van der Waals surface area contributed by atoms with Crippen LogP contribution in [0.3, 0.4) is 0 Å². The van der Waals surface area contributed by atoms with Crippen LogP contribution in [-0.4, -0.2) is 8.42 Å². The zero-order valence-electron chi connectivity index (χ0n) is 10.8. The highest BCUT2D eigenvalue weighted by molar-refractivity contribution is 7.81. The molecule has 1 N–H and O–H groups in total. The van der Waals surface area contributed by atoms with Gasteiger partial charge in [0.25, 0.3) is 0 Å². The highest BCUT2D eigenvalue weighted by atomic mass is 32.3. The van der Waals surface area contributed by atoms with Crippen LogP contribution in [-0.2, 0) is 17.0 Å². The van der Waals surface area contributed by atoms with Gasteiger partial charge in [-0.3, -0.25) is 0 Å². The third kappa shape index (κ3) is 4.55. The molecule has 0 heterocycles. The quantitative estimate of drug-likeness (QED) is 0.861. The summed E-state index contributed by atoms with van der Waals surface area (Å²) in [6, 6.07) is 14.1. The van der Waals surface area contributed by atoms with Crippen LogP contribution >= 0.6 is 0 Å². The van der Waals surface area contributed by atoms with Crippen LogP contribution in [0.5, 0.6) is 5.75 Å². The van der Waals surface area contributed by atoms with Crippen LogP contribution in [0.15, 0.2) is 48.5 Å². The first-order valence-electron chi connectivity index (χ1n) is 5.96.